The molecular weight excluding hydrogens is 424 g/mol. The highest BCUT2D eigenvalue weighted by molar-refractivity contribution is 8.00. The fraction of sp³-hybridized carbons (Fsp3) is 0.211. The van der Waals surface area contributed by atoms with Crippen LogP contribution >= 0.6 is 35.0 Å². The smallest absolute Gasteiger partial charge is 0.277 e. The van der Waals surface area contributed by atoms with Crippen LogP contribution in [0, 0.1) is 5.82 Å². The molecule has 2 aromatic carbocycles. The van der Waals surface area contributed by atoms with Crippen molar-refractivity contribution in [3.05, 3.63) is 63.9 Å². The fourth-order valence-electron chi connectivity index (χ4n) is 2.47. The summed E-state index contributed by atoms with van der Waals surface area (Å²) in [6.45, 7) is 3.54. The lowest BCUT2D eigenvalue weighted by molar-refractivity contribution is -0.120. The van der Waals surface area contributed by atoms with Gasteiger partial charge in [0.2, 0.25) is 5.91 Å². The molecule has 0 fully saturated rings. The van der Waals surface area contributed by atoms with Crippen molar-refractivity contribution in [3.63, 3.8) is 0 Å². The zero-order chi connectivity index (χ0) is 20.3. The second-order valence-electron chi connectivity index (χ2n) is 6.01. The Bertz CT molecular complexity index is 999. The molecule has 0 radical (unpaired) electrons. The minimum absolute atomic E-state index is 0.0644. The van der Waals surface area contributed by atoms with E-state index in [1.165, 1.54) is 6.07 Å². The number of halogens is 3. The molecule has 1 heterocycles. The number of aromatic nitrogens is 2. The van der Waals surface area contributed by atoms with Crippen LogP contribution in [0.4, 0.5) is 4.39 Å². The minimum atomic E-state index is -0.512. The largest absolute Gasteiger partial charge is 0.411 e. The van der Waals surface area contributed by atoms with E-state index in [1.54, 1.807) is 43.3 Å². The molecule has 0 spiro atoms. The molecule has 0 aliphatic rings. The summed E-state index contributed by atoms with van der Waals surface area (Å²) in [5.74, 6) is -0.620. The predicted molar refractivity (Wildman–Crippen MR) is 108 cm³/mol. The zero-order valence-electron chi connectivity index (χ0n) is 14.9. The van der Waals surface area contributed by atoms with Gasteiger partial charge in [0.1, 0.15) is 5.82 Å². The van der Waals surface area contributed by atoms with E-state index < -0.39 is 11.1 Å². The van der Waals surface area contributed by atoms with Gasteiger partial charge in [-0.05, 0) is 43.7 Å². The van der Waals surface area contributed by atoms with Gasteiger partial charge in [-0.3, -0.25) is 4.79 Å². The van der Waals surface area contributed by atoms with Crippen molar-refractivity contribution in [2.45, 2.75) is 30.4 Å². The third-order valence-corrected chi connectivity index (χ3v) is 5.44. The maximum absolute atomic E-state index is 13.8. The van der Waals surface area contributed by atoms with Gasteiger partial charge in [-0.2, -0.15) is 0 Å². The van der Waals surface area contributed by atoms with Gasteiger partial charge in [0.25, 0.3) is 11.1 Å². The summed E-state index contributed by atoms with van der Waals surface area (Å²) < 4.78 is 19.3. The van der Waals surface area contributed by atoms with Gasteiger partial charge < -0.3 is 9.73 Å². The zero-order valence-corrected chi connectivity index (χ0v) is 17.3. The summed E-state index contributed by atoms with van der Waals surface area (Å²) in [7, 11) is 0. The van der Waals surface area contributed by atoms with Crippen LogP contribution in [0.3, 0.4) is 0 Å². The normalized spacial score (nSPS) is 13.2. The number of carbonyl (C=O) groups is 1. The van der Waals surface area contributed by atoms with E-state index >= 15 is 0 Å². The van der Waals surface area contributed by atoms with Crippen LogP contribution < -0.4 is 5.32 Å². The summed E-state index contributed by atoms with van der Waals surface area (Å²) in [6, 6.07) is 10.9. The predicted octanol–water partition coefficient (Wildman–Crippen LogP) is 5.54. The Morgan fingerprint density at radius 2 is 1.93 bits per heavy atom. The maximum atomic E-state index is 13.8. The topological polar surface area (TPSA) is 68.0 Å². The third kappa shape index (κ3) is 4.84. The van der Waals surface area contributed by atoms with E-state index in [9.17, 15) is 9.18 Å². The van der Waals surface area contributed by atoms with Crippen molar-refractivity contribution in [2.24, 2.45) is 0 Å². The number of hydrogen-bond acceptors (Lipinski definition) is 5. The molecule has 2 atom stereocenters. The molecule has 3 rings (SSSR count). The van der Waals surface area contributed by atoms with Crippen molar-refractivity contribution < 1.29 is 13.6 Å². The lowest BCUT2D eigenvalue weighted by atomic mass is 10.1. The molecule has 0 aliphatic heterocycles. The number of nitrogens with one attached hydrogen (secondary N) is 1. The average Bonchev–Trinajstić information content (AvgIpc) is 3.10. The molecule has 0 bridgehead atoms. The van der Waals surface area contributed by atoms with E-state index in [0.29, 0.717) is 10.0 Å². The van der Waals surface area contributed by atoms with Gasteiger partial charge in [0.15, 0.2) is 0 Å². The Morgan fingerprint density at radius 3 is 2.64 bits per heavy atom. The van der Waals surface area contributed by atoms with Crippen molar-refractivity contribution in [2.75, 3.05) is 0 Å². The second-order valence-corrected chi connectivity index (χ2v) is 8.14. The average molecular weight is 440 g/mol. The van der Waals surface area contributed by atoms with Crippen molar-refractivity contribution in [1.29, 1.82) is 0 Å². The first-order valence-electron chi connectivity index (χ1n) is 8.35. The number of amides is 1. The summed E-state index contributed by atoms with van der Waals surface area (Å²) >= 11 is 13.2. The van der Waals surface area contributed by atoms with E-state index in [2.05, 4.69) is 15.5 Å². The summed E-state index contributed by atoms with van der Waals surface area (Å²) in [5, 5.41) is 11.3. The summed E-state index contributed by atoms with van der Waals surface area (Å²) in [6.07, 6.45) is 0. The number of carbonyl (C=O) groups excluding carboxylic acids is 1. The number of benzene rings is 2. The van der Waals surface area contributed by atoms with Crippen LogP contribution in [0.1, 0.15) is 25.5 Å². The highest BCUT2D eigenvalue weighted by Gasteiger charge is 2.22. The molecule has 1 amide bonds. The van der Waals surface area contributed by atoms with Crippen LogP contribution in [0.5, 0.6) is 0 Å². The van der Waals surface area contributed by atoms with Crippen molar-refractivity contribution in [1.82, 2.24) is 15.5 Å². The molecule has 9 heteroatoms. The molecular formula is C19H16Cl2FN3O2S. The SMILES string of the molecule is C[C@H](Sc1nnc(-c2ccccc2F)o1)C(=O)N[C@H](C)c1ccc(Cl)cc1Cl. The quantitative estimate of drug-likeness (QED) is 0.510. The van der Waals surface area contributed by atoms with Gasteiger partial charge in [-0.15, -0.1) is 10.2 Å². The molecule has 5 nitrogen and oxygen atoms in total. The Morgan fingerprint density at radius 1 is 1.18 bits per heavy atom. The number of rotatable bonds is 6. The first-order valence-corrected chi connectivity index (χ1v) is 9.99. The number of nitrogens with zero attached hydrogens (tertiary/aromatic N) is 2. The van der Waals surface area contributed by atoms with Gasteiger partial charge >= 0.3 is 0 Å². The van der Waals surface area contributed by atoms with Crippen molar-refractivity contribution in [3.8, 4) is 11.5 Å². The van der Waals surface area contributed by atoms with Crippen LogP contribution in [0.15, 0.2) is 52.1 Å². The molecule has 0 unspecified atom stereocenters. The first kappa shape index (κ1) is 20.6. The van der Waals surface area contributed by atoms with Gasteiger partial charge in [-0.25, -0.2) is 4.39 Å². The third-order valence-electron chi connectivity index (χ3n) is 3.95. The number of thioether (sulfide) groups is 1. The van der Waals surface area contributed by atoms with Gasteiger partial charge in [-0.1, -0.05) is 53.2 Å². The number of hydrogen-bond donors (Lipinski definition) is 1. The molecule has 0 saturated carbocycles. The second kappa shape index (κ2) is 8.94. The van der Waals surface area contributed by atoms with E-state index in [4.69, 9.17) is 27.6 Å². The van der Waals surface area contributed by atoms with Crippen molar-refractivity contribution >= 4 is 40.9 Å². The molecule has 3 aromatic rings. The van der Waals surface area contributed by atoms with Crippen LogP contribution in [0.25, 0.3) is 11.5 Å². The van der Waals surface area contributed by atoms with Gasteiger partial charge in [0, 0.05) is 10.0 Å². The fourth-order valence-corrected chi connectivity index (χ4v) is 3.73. The Balaban J connectivity index is 1.64. The van der Waals surface area contributed by atoms with E-state index in [0.717, 1.165) is 17.3 Å². The highest BCUT2D eigenvalue weighted by Crippen LogP contribution is 2.29. The maximum Gasteiger partial charge on any atom is 0.277 e. The molecule has 28 heavy (non-hydrogen) atoms. The summed E-state index contributed by atoms with van der Waals surface area (Å²) in [4.78, 5) is 12.5. The molecule has 0 saturated heterocycles. The van der Waals surface area contributed by atoms with Gasteiger partial charge in [0.05, 0.1) is 16.9 Å². The molecule has 0 aliphatic carbocycles. The minimum Gasteiger partial charge on any atom is -0.411 e. The van der Waals surface area contributed by atoms with E-state index in [1.807, 2.05) is 6.92 Å². The first-order chi connectivity index (χ1) is 13.3. The molecule has 1 N–H and O–H groups in total. The lowest BCUT2D eigenvalue weighted by Crippen LogP contribution is -2.33. The van der Waals surface area contributed by atoms with E-state index in [-0.39, 0.29) is 28.6 Å². The Labute approximate surface area is 175 Å². The highest BCUT2D eigenvalue weighted by atomic mass is 35.5. The summed E-state index contributed by atoms with van der Waals surface area (Å²) in [5.41, 5.74) is 0.973. The lowest BCUT2D eigenvalue weighted by Gasteiger charge is -2.18. The Hall–Kier alpha value is -2.09. The molecule has 146 valence electrons. The van der Waals surface area contributed by atoms with Crippen LogP contribution in [-0.2, 0) is 4.79 Å². The van der Waals surface area contributed by atoms with Crippen LogP contribution in [0.2, 0.25) is 10.0 Å². The Kier molecular flexibility index (Phi) is 6.59. The standard InChI is InChI=1S/C19H16Cl2FN3O2S/c1-10(13-8-7-12(20)9-15(13)21)23-17(26)11(2)28-19-25-24-18(27-19)14-5-3-4-6-16(14)22/h3-11H,1-2H3,(H,23,26)/t10-,11+/m1/s1. The van der Waals surface area contributed by atoms with Crippen LogP contribution in [-0.4, -0.2) is 21.4 Å². The molecule has 1 aromatic heterocycles. The monoisotopic (exact) mass is 439 g/mol.